The summed E-state index contributed by atoms with van der Waals surface area (Å²) < 4.78 is 2.22. The van der Waals surface area contributed by atoms with Crippen molar-refractivity contribution in [1.82, 2.24) is 19.7 Å². The van der Waals surface area contributed by atoms with Crippen LogP contribution in [-0.4, -0.2) is 32.6 Å². The van der Waals surface area contributed by atoms with Crippen LogP contribution in [0.5, 0.6) is 0 Å². The largest absolute Gasteiger partial charge is 0.338 e. The monoisotopic (exact) mass is 288 g/mol. The molecule has 0 radical (unpaired) electrons. The van der Waals surface area contributed by atoms with Gasteiger partial charge >= 0.3 is 0 Å². The molecule has 0 aromatic carbocycles. The summed E-state index contributed by atoms with van der Waals surface area (Å²) in [4.78, 5) is 14.3. The number of aromatic nitrogens is 3. The number of rotatable bonds is 3. The van der Waals surface area contributed by atoms with Crippen LogP contribution >= 0.6 is 0 Å². The smallest absolute Gasteiger partial charge is 0.226 e. The zero-order chi connectivity index (χ0) is 14.7. The fraction of sp³-hybridized carbons (Fsp3) is 0.688. The van der Waals surface area contributed by atoms with Crippen LogP contribution in [0.25, 0.3) is 0 Å². The molecular formula is C16H24N4O. The van der Waals surface area contributed by atoms with E-state index in [0.717, 1.165) is 43.9 Å². The normalized spacial score (nSPS) is 21.7. The molecule has 2 heterocycles. The van der Waals surface area contributed by atoms with Gasteiger partial charge in [0, 0.05) is 25.9 Å². The fourth-order valence-electron chi connectivity index (χ4n) is 3.28. The van der Waals surface area contributed by atoms with Crippen molar-refractivity contribution in [2.45, 2.75) is 58.0 Å². The van der Waals surface area contributed by atoms with E-state index in [4.69, 9.17) is 0 Å². The van der Waals surface area contributed by atoms with Gasteiger partial charge in [-0.15, -0.1) is 10.2 Å². The molecule has 1 aliphatic carbocycles. The standard InChI is InChI=1S/C16H24N4O/c1-19(16(21)13-8-4-2-5-9-13)12-15-18-17-14-10-6-3-7-11-20(14)15/h2,4,13H,3,5-12H2,1H3. The number of carbonyl (C=O) groups excluding carboxylic acids is 1. The van der Waals surface area contributed by atoms with Gasteiger partial charge in [-0.05, 0) is 32.1 Å². The average molecular weight is 288 g/mol. The van der Waals surface area contributed by atoms with Crippen LogP contribution in [0.2, 0.25) is 0 Å². The molecule has 114 valence electrons. The van der Waals surface area contributed by atoms with Crippen molar-refractivity contribution >= 4 is 5.91 Å². The van der Waals surface area contributed by atoms with Gasteiger partial charge < -0.3 is 9.47 Å². The summed E-state index contributed by atoms with van der Waals surface area (Å²) in [5.41, 5.74) is 0. The molecule has 0 fully saturated rings. The Hall–Kier alpha value is -1.65. The van der Waals surface area contributed by atoms with Crippen LogP contribution < -0.4 is 0 Å². The molecule has 21 heavy (non-hydrogen) atoms. The second kappa shape index (κ2) is 6.41. The Kier molecular flexibility index (Phi) is 4.36. The van der Waals surface area contributed by atoms with Crippen LogP contribution in [0, 0.1) is 5.92 Å². The van der Waals surface area contributed by atoms with Gasteiger partial charge in [0.05, 0.1) is 6.54 Å². The molecule has 0 spiro atoms. The predicted molar refractivity (Wildman–Crippen MR) is 80.5 cm³/mol. The van der Waals surface area contributed by atoms with Gasteiger partial charge in [0.15, 0.2) is 5.82 Å². The zero-order valence-corrected chi connectivity index (χ0v) is 12.8. The Morgan fingerprint density at radius 2 is 2.24 bits per heavy atom. The van der Waals surface area contributed by atoms with E-state index in [0.29, 0.717) is 6.54 Å². The lowest BCUT2D eigenvalue weighted by molar-refractivity contribution is -0.135. The third-order valence-electron chi connectivity index (χ3n) is 4.56. The Bertz CT molecular complexity index is 534. The molecule has 5 nitrogen and oxygen atoms in total. The van der Waals surface area contributed by atoms with E-state index in [1.807, 2.05) is 11.9 Å². The Balaban J connectivity index is 1.67. The van der Waals surface area contributed by atoms with Crippen LogP contribution in [0.4, 0.5) is 0 Å². The first kappa shape index (κ1) is 14.3. The van der Waals surface area contributed by atoms with Crippen LogP contribution in [0.15, 0.2) is 12.2 Å². The number of aryl methyl sites for hydroxylation is 1. The molecule has 0 N–H and O–H groups in total. The van der Waals surface area contributed by atoms with E-state index in [-0.39, 0.29) is 11.8 Å². The Morgan fingerprint density at radius 3 is 3.05 bits per heavy atom. The van der Waals surface area contributed by atoms with Crippen LogP contribution in [0.1, 0.15) is 50.2 Å². The second-order valence-corrected chi connectivity index (χ2v) is 6.17. The first-order valence-electron chi connectivity index (χ1n) is 8.06. The summed E-state index contributed by atoms with van der Waals surface area (Å²) in [6.45, 7) is 1.57. The quantitative estimate of drug-likeness (QED) is 0.802. The zero-order valence-electron chi connectivity index (χ0n) is 12.8. The second-order valence-electron chi connectivity index (χ2n) is 6.17. The van der Waals surface area contributed by atoms with E-state index < -0.39 is 0 Å². The third kappa shape index (κ3) is 3.17. The van der Waals surface area contributed by atoms with Gasteiger partial charge in [0.1, 0.15) is 5.82 Å². The minimum absolute atomic E-state index is 0.145. The molecular weight excluding hydrogens is 264 g/mol. The maximum atomic E-state index is 12.5. The van der Waals surface area contributed by atoms with Crippen molar-refractivity contribution in [2.75, 3.05) is 7.05 Å². The minimum atomic E-state index is 0.145. The lowest BCUT2D eigenvalue weighted by atomic mass is 9.93. The topological polar surface area (TPSA) is 51.0 Å². The molecule has 1 aliphatic heterocycles. The van der Waals surface area contributed by atoms with Crippen molar-refractivity contribution in [3.63, 3.8) is 0 Å². The number of nitrogens with zero attached hydrogens (tertiary/aromatic N) is 4. The number of amides is 1. The summed E-state index contributed by atoms with van der Waals surface area (Å²) in [6.07, 6.45) is 11.8. The van der Waals surface area contributed by atoms with Gasteiger partial charge in [-0.1, -0.05) is 18.6 Å². The van der Waals surface area contributed by atoms with Crippen molar-refractivity contribution in [1.29, 1.82) is 0 Å². The Labute approximate surface area is 126 Å². The number of hydrogen-bond acceptors (Lipinski definition) is 3. The molecule has 0 bridgehead atoms. The molecule has 1 aromatic heterocycles. The molecule has 1 unspecified atom stereocenters. The maximum Gasteiger partial charge on any atom is 0.226 e. The molecule has 0 saturated heterocycles. The van der Waals surface area contributed by atoms with Gasteiger partial charge in [-0.2, -0.15) is 0 Å². The molecule has 1 aromatic rings. The van der Waals surface area contributed by atoms with Gasteiger partial charge in [-0.25, -0.2) is 0 Å². The summed E-state index contributed by atoms with van der Waals surface area (Å²) in [5, 5.41) is 8.62. The van der Waals surface area contributed by atoms with Gasteiger partial charge in [-0.3, -0.25) is 4.79 Å². The lowest BCUT2D eigenvalue weighted by Crippen LogP contribution is -2.33. The highest BCUT2D eigenvalue weighted by Crippen LogP contribution is 2.21. The number of fused-ring (bicyclic) bond motifs is 1. The first-order valence-corrected chi connectivity index (χ1v) is 8.06. The number of allylic oxidation sites excluding steroid dienone is 2. The summed E-state index contributed by atoms with van der Waals surface area (Å²) in [5.74, 6) is 2.41. The summed E-state index contributed by atoms with van der Waals surface area (Å²) in [7, 11) is 1.89. The van der Waals surface area contributed by atoms with E-state index >= 15 is 0 Å². The average Bonchev–Trinajstić information content (AvgIpc) is 2.75. The predicted octanol–water partition coefficient (Wildman–Crippen LogP) is 2.32. The van der Waals surface area contributed by atoms with Gasteiger partial charge in [0.25, 0.3) is 0 Å². The lowest BCUT2D eigenvalue weighted by Gasteiger charge is -2.24. The highest BCUT2D eigenvalue weighted by molar-refractivity contribution is 5.78. The SMILES string of the molecule is CN(Cc1nnc2n1CCCCC2)C(=O)C1CC=CCC1. The molecule has 3 rings (SSSR count). The van der Waals surface area contributed by atoms with Crippen molar-refractivity contribution in [3.8, 4) is 0 Å². The van der Waals surface area contributed by atoms with Crippen molar-refractivity contribution < 1.29 is 4.79 Å². The molecule has 0 saturated carbocycles. The fourth-order valence-corrected chi connectivity index (χ4v) is 3.28. The first-order chi connectivity index (χ1) is 10.3. The van der Waals surface area contributed by atoms with E-state index in [9.17, 15) is 4.79 Å². The van der Waals surface area contributed by atoms with Crippen molar-refractivity contribution in [3.05, 3.63) is 23.8 Å². The van der Waals surface area contributed by atoms with Crippen LogP contribution in [0.3, 0.4) is 0 Å². The number of hydrogen-bond donors (Lipinski definition) is 0. The summed E-state index contributed by atoms with van der Waals surface area (Å²) in [6, 6.07) is 0. The highest BCUT2D eigenvalue weighted by Gasteiger charge is 2.24. The van der Waals surface area contributed by atoms with E-state index in [2.05, 4.69) is 26.9 Å². The molecule has 1 atom stereocenters. The highest BCUT2D eigenvalue weighted by atomic mass is 16.2. The minimum Gasteiger partial charge on any atom is -0.338 e. The number of carbonyl (C=O) groups is 1. The van der Waals surface area contributed by atoms with Crippen molar-refractivity contribution in [2.24, 2.45) is 5.92 Å². The van der Waals surface area contributed by atoms with Crippen LogP contribution in [-0.2, 0) is 24.3 Å². The Morgan fingerprint density at radius 1 is 1.33 bits per heavy atom. The summed E-state index contributed by atoms with van der Waals surface area (Å²) >= 11 is 0. The van der Waals surface area contributed by atoms with E-state index in [1.54, 1.807) is 0 Å². The molecule has 2 aliphatic rings. The molecule has 5 heteroatoms. The third-order valence-corrected chi connectivity index (χ3v) is 4.56. The van der Waals surface area contributed by atoms with E-state index in [1.165, 1.54) is 19.3 Å². The van der Waals surface area contributed by atoms with Gasteiger partial charge in [0.2, 0.25) is 5.91 Å². The maximum absolute atomic E-state index is 12.5. The molecule has 1 amide bonds.